The normalized spacial score (nSPS) is 18.1. The van der Waals surface area contributed by atoms with E-state index in [2.05, 4.69) is 20.8 Å². The molecule has 1 fully saturated rings. The lowest BCUT2D eigenvalue weighted by molar-refractivity contribution is -0.122. The molecule has 1 aromatic heterocycles. The Hall–Kier alpha value is -1.79. The quantitative estimate of drug-likeness (QED) is 0.896. The summed E-state index contributed by atoms with van der Waals surface area (Å²) < 4.78 is 0. The predicted molar refractivity (Wildman–Crippen MR) is 78.2 cm³/mol. The molecule has 1 unspecified atom stereocenters. The lowest BCUT2D eigenvalue weighted by Gasteiger charge is -2.09. The van der Waals surface area contributed by atoms with E-state index in [1.165, 1.54) is 11.3 Å². The van der Waals surface area contributed by atoms with Crippen LogP contribution in [0.3, 0.4) is 0 Å². The molecule has 1 aromatic carbocycles. The van der Waals surface area contributed by atoms with Crippen molar-refractivity contribution in [1.82, 2.24) is 20.8 Å². The van der Waals surface area contributed by atoms with Gasteiger partial charge in [-0.25, -0.2) is 0 Å². The summed E-state index contributed by atoms with van der Waals surface area (Å²) in [6.07, 6.45) is 1.98. The Kier molecular flexibility index (Phi) is 4.03. The molecule has 20 heavy (non-hydrogen) atoms. The number of nitrogens with zero attached hydrogens (tertiary/aromatic N) is 2. The Balaban J connectivity index is 1.59. The van der Waals surface area contributed by atoms with Crippen molar-refractivity contribution in [1.29, 1.82) is 0 Å². The molecule has 1 aliphatic rings. The third kappa shape index (κ3) is 3.02. The second-order valence-corrected chi connectivity index (χ2v) is 5.80. The standard InChI is InChI=1S/C14H16N4OS/c19-13(11-7-4-8-15-11)16-9-12-17-18-14(20-12)10-5-2-1-3-6-10/h1-3,5-6,11,15H,4,7-9H2,(H,16,19). The molecule has 2 N–H and O–H groups in total. The lowest BCUT2D eigenvalue weighted by Crippen LogP contribution is -2.39. The van der Waals surface area contributed by atoms with Gasteiger partial charge in [-0.3, -0.25) is 4.79 Å². The van der Waals surface area contributed by atoms with E-state index in [1.54, 1.807) is 0 Å². The number of carbonyl (C=O) groups excluding carboxylic acids is 1. The molecule has 2 heterocycles. The maximum absolute atomic E-state index is 11.9. The van der Waals surface area contributed by atoms with Crippen LogP contribution in [0.25, 0.3) is 10.6 Å². The van der Waals surface area contributed by atoms with Gasteiger partial charge >= 0.3 is 0 Å². The summed E-state index contributed by atoms with van der Waals surface area (Å²) in [5.74, 6) is 0.0546. The molecule has 0 bridgehead atoms. The van der Waals surface area contributed by atoms with E-state index in [-0.39, 0.29) is 11.9 Å². The monoisotopic (exact) mass is 288 g/mol. The first-order valence-electron chi connectivity index (χ1n) is 6.72. The van der Waals surface area contributed by atoms with Gasteiger partial charge in [0.1, 0.15) is 10.0 Å². The number of aromatic nitrogens is 2. The van der Waals surface area contributed by atoms with Crippen molar-refractivity contribution < 1.29 is 4.79 Å². The molecule has 0 radical (unpaired) electrons. The maximum atomic E-state index is 11.9. The summed E-state index contributed by atoms with van der Waals surface area (Å²) in [6.45, 7) is 1.37. The molecule has 104 valence electrons. The molecule has 2 aromatic rings. The molecule has 1 atom stereocenters. The molecule has 1 amide bonds. The molecule has 1 aliphatic heterocycles. The zero-order chi connectivity index (χ0) is 13.8. The van der Waals surface area contributed by atoms with Gasteiger partial charge in [-0.2, -0.15) is 0 Å². The summed E-state index contributed by atoms with van der Waals surface area (Å²) in [7, 11) is 0. The van der Waals surface area contributed by atoms with Gasteiger partial charge in [-0.05, 0) is 19.4 Å². The van der Waals surface area contributed by atoms with Crippen molar-refractivity contribution in [2.45, 2.75) is 25.4 Å². The van der Waals surface area contributed by atoms with Gasteiger partial charge in [0.25, 0.3) is 0 Å². The number of nitrogens with one attached hydrogen (secondary N) is 2. The first-order valence-corrected chi connectivity index (χ1v) is 7.53. The van der Waals surface area contributed by atoms with Crippen LogP contribution in [0.2, 0.25) is 0 Å². The summed E-state index contributed by atoms with van der Waals surface area (Å²) in [6, 6.07) is 9.89. The highest BCUT2D eigenvalue weighted by Crippen LogP contribution is 2.22. The first kappa shape index (κ1) is 13.2. The molecule has 6 heteroatoms. The van der Waals surface area contributed by atoms with Crippen molar-refractivity contribution in [3.63, 3.8) is 0 Å². The van der Waals surface area contributed by atoms with Crippen LogP contribution in [0.15, 0.2) is 30.3 Å². The van der Waals surface area contributed by atoms with E-state index < -0.39 is 0 Å². The Morgan fingerprint density at radius 2 is 2.20 bits per heavy atom. The van der Waals surface area contributed by atoms with Gasteiger partial charge in [0.05, 0.1) is 12.6 Å². The van der Waals surface area contributed by atoms with Crippen molar-refractivity contribution >= 4 is 17.2 Å². The van der Waals surface area contributed by atoms with Crippen LogP contribution in [-0.4, -0.2) is 28.7 Å². The van der Waals surface area contributed by atoms with Gasteiger partial charge in [-0.1, -0.05) is 41.7 Å². The molecule has 0 aliphatic carbocycles. The third-order valence-corrected chi connectivity index (χ3v) is 4.25. The van der Waals surface area contributed by atoms with Gasteiger partial charge in [0.2, 0.25) is 5.91 Å². The second kappa shape index (κ2) is 6.11. The number of benzene rings is 1. The summed E-state index contributed by atoms with van der Waals surface area (Å²) in [5.41, 5.74) is 1.06. The number of hydrogen-bond donors (Lipinski definition) is 2. The fourth-order valence-corrected chi connectivity index (χ4v) is 3.00. The molecule has 0 saturated carbocycles. The van der Waals surface area contributed by atoms with Gasteiger partial charge in [-0.15, -0.1) is 10.2 Å². The number of rotatable bonds is 4. The Bertz CT molecular complexity index is 578. The van der Waals surface area contributed by atoms with Crippen LogP contribution in [0.5, 0.6) is 0 Å². The SMILES string of the molecule is O=C(NCc1nnc(-c2ccccc2)s1)C1CCCN1. The summed E-state index contributed by atoms with van der Waals surface area (Å²) in [4.78, 5) is 11.9. The maximum Gasteiger partial charge on any atom is 0.237 e. The summed E-state index contributed by atoms with van der Waals surface area (Å²) >= 11 is 1.51. The molecule has 1 saturated heterocycles. The van der Waals surface area contributed by atoms with E-state index in [0.29, 0.717) is 6.54 Å². The number of carbonyl (C=O) groups is 1. The third-order valence-electron chi connectivity index (χ3n) is 3.28. The van der Waals surface area contributed by atoms with Crippen LogP contribution in [0.4, 0.5) is 0 Å². The minimum atomic E-state index is -0.0449. The molecular weight excluding hydrogens is 272 g/mol. The van der Waals surface area contributed by atoms with Crippen LogP contribution in [0.1, 0.15) is 17.8 Å². The van der Waals surface area contributed by atoms with E-state index in [1.807, 2.05) is 30.3 Å². The van der Waals surface area contributed by atoms with Crippen molar-refractivity contribution in [2.75, 3.05) is 6.54 Å². The van der Waals surface area contributed by atoms with Gasteiger partial charge in [0.15, 0.2) is 0 Å². The summed E-state index contributed by atoms with van der Waals surface area (Å²) in [5, 5.41) is 16.1. The highest BCUT2D eigenvalue weighted by Gasteiger charge is 2.21. The Morgan fingerprint density at radius 1 is 1.35 bits per heavy atom. The molecular formula is C14H16N4OS. The minimum Gasteiger partial charge on any atom is -0.348 e. The van der Waals surface area contributed by atoms with Crippen LogP contribution >= 0.6 is 11.3 Å². The van der Waals surface area contributed by atoms with Gasteiger partial charge in [0, 0.05) is 5.56 Å². The first-order chi connectivity index (χ1) is 9.83. The topological polar surface area (TPSA) is 66.9 Å². The average molecular weight is 288 g/mol. The predicted octanol–water partition coefficient (Wildman–Crippen LogP) is 1.57. The minimum absolute atomic E-state index is 0.0449. The van der Waals surface area contributed by atoms with Crippen molar-refractivity contribution in [2.24, 2.45) is 0 Å². The van der Waals surface area contributed by atoms with Crippen molar-refractivity contribution in [3.05, 3.63) is 35.3 Å². The van der Waals surface area contributed by atoms with E-state index in [0.717, 1.165) is 35.0 Å². The fraction of sp³-hybridized carbons (Fsp3) is 0.357. The largest absolute Gasteiger partial charge is 0.348 e. The van der Waals surface area contributed by atoms with E-state index >= 15 is 0 Å². The Labute approximate surface area is 121 Å². The number of hydrogen-bond acceptors (Lipinski definition) is 5. The molecule has 5 nitrogen and oxygen atoms in total. The Morgan fingerprint density at radius 3 is 2.95 bits per heavy atom. The van der Waals surface area contributed by atoms with E-state index in [4.69, 9.17) is 0 Å². The smallest absolute Gasteiger partial charge is 0.237 e. The molecule has 3 rings (SSSR count). The van der Waals surface area contributed by atoms with Crippen LogP contribution < -0.4 is 10.6 Å². The fourth-order valence-electron chi connectivity index (χ4n) is 2.22. The van der Waals surface area contributed by atoms with Crippen molar-refractivity contribution in [3.8, 4) is 10.6 Å². The van der Waals surface area contributed by atoms with Crippen LogP contribution in [0, 0.1) is 0 Å². The van der Waals surface area contributed by atoms with Gasteiger partial charge < -0.3 is 10.6 Å². The molecule has 0 spiro atoms. The average Bonchev–Trinajstić information content (AvgIpc) is 3.17. The van der Waals surface area contributed by atoms with E-state index in [9.17, 15) is 4.79 Å². The zero-order valence-electron chi connectivity index (χ0n) is 11.0. The highest BCUT2D eigenvalue weighted by molar-refractivity contribution is 7.14. The number of amides is 1. The lowest BCUT2D eigenvalue weighted by atomic mass is 10.2. The highest BCUT2D eigenvalue weighted by atomic mass is 32.1. The van der Waals surface area contributed by atoms with Crippen LogP contribution in [-0.2, 0) is 11.3 Å². The zero-order valence-corrected chi connectivity index (χ0v) is 11.8. The second-order valence-electron chi connectivity index (χ2n) is 4.73.